The van der Waals surface area contributed by atoms with E-state index in [0.29, 0.717) is 5.56 Å². The number of nitriles is 1. The molecular weight excluding hydrogens is 316 g/mol. The molecular formula is C16H14N2O4S. The van der Waals surface area contributed by atoms with E-state index in [1.165, 1.54) is 37.4 Å². The van der Waals surface area contributed by atoms with Crippen LogP contribution in [0.25, 0.3) is 0 Å². The minimum Gasteiger partial charge on any atom is -0.465 e. The molecule has 0 fully saturated rings. The number of rotatable bonds is 4. The highest BCUT2D eigenvalue weighted by Crippen LogP contribution is 2.22. The van der Waals surface area contributed by atoms with Crippen molar-refractivity contribution < 1.29 is 17.9 Å². The van der Waals surface area contributed by atoms with Gasteiger partial charge in [-0.15, -0.1) is 0 Å². The van der Waals surface area contributed by atoms with Crippen LogP contribution in [0.1, 0.15) is 21.5 Å². The van der Waals surface area contributed by atoms with Gasteiger partial charge in [-0.1, -0.05) is 12.1 Å². The summed E-state index contributed by atoms with van der Waals surface area (Å²) in [5, 5.41) is 8.87. The van der Waals surface area contributed by atoms with Gasteiger partial charge < -0.3 is 4.74 Å². The molecule has 1 N–H and O–H groups in total. The Morgan fingerprint density at radius 2 is 1.96 bits per heavy atom. The summed E-state index contributed by atoms with van der Waals surface area (Å²) < 4.78 is 31.9. The summed E-state index contributed by atoms with van der Waals surface area (Å²) in [6, 6.07) is 12.2. The van der Waals surface area contributed by atoms with Crippen molar-refractivity contribution >= 4 is 21.7 Å². The van der Waals surface area contributed by atoms with Crippen LogP contribution >= 0.6 is 0 Å². The third-order valence-corrected chi connectivity index (χ3v) is 4.54. The molecule has 2 rings (SSSR count). The number of sulfonamides is 1. The van der Waals surface area contributed by atoms with Crippen molar-refractivity contribution in [3.8, 4) is 6.07 Å². The monoisotopic (exact) mass is 330 g/mol. The van der Waals surface area contributed by atoms with Crippen LogP contribution in [0.4, 0.5) is 5.69 Å². The average Bonchev–Trinajstić information content (AvgIpc) is 2.56. The predicted molar refractivity (Wildman–Crippen MR) is 84.5 cm³/mol. The van der Waals surface area contributed by atoms with Gasteiger partial charge >= 0.3 is 5.97 Å². The first-order valence-electron chi connectivity index (χ1n) is 6.59. The first-order valence-corrected chi connectivity index (χ1v) is 8.07. The molecule has 7 heteroatoms. The second kappa shape index (κ2) is 6.50. The van der Waals surface area contributed by atoms with E-state index in [1.807, 2.05) is 6.07 Å². The van der Waals surface area contributed by atoms with Crippen LogP contribution in [0.3, 0.4) is 0 Å². The number of carbonyl (C=O) groups excluding carboxylic acids is 1. The molecule has 0 saturated heterocycles. The minimum absolute atomic E-state index is 0.0283. The molecule has 2 aromatic rings. The van der Waals surface area contributed by atoms with Crippen LogP contribution < -0.4 is 4.72 Å². The van der Waals surface area contributed by atoms with Crippen LogP contribution in [0.2, 0.25) is 0 Å². The summed E-state index contributed by atoms with van der Waals surface area (Å²) in [6.07, 6.45) is 0. The third-order valence-electron chi connectivity index (χ3n) is 3.18. The molecule has 0 saturated carbocycles. The Hall–Kier alpha value is -2.85. The van der Waals surface area contributed by atoms with Gasteiger partial charge in [-0.3, -0.25) is 4.72 Å². The van der Waals surface area contributed by atoms with Gasteiger partial charge in [0.05, 0.1) is 34.9 Å². The SMILES string of the molecule is COC(=O)c1ccc(C)c(NS(=O)(=O)c2cccc(C#N)c2)c1. The fourth-order valence-corrected chi connectivity index (χ4v) is 3.08. The zero-order chi connectivity index (χ0) is 17.0. The van der Waals surface area contributed by atoms with Crippen LogP contribution in [-0.2, 0) is 14.8 Å². The summed E-state index contributed by atoms with van der Waals surface area (Å²) in [7, 11) is -2.62. The Morgan fingerprint density at radius 3 is 2.61 bits per heavy atom. The highest BCUT2D eigenvalue weighted by molar-refractivity contribution is 7.92. The van der Waals surface area contributed by atoms with E-state index in [9.17, 15) is 13.2 Å². The summed E-state index contributed by atoms with van der Waals surface area (Å²) in [5.74, 6) is -0.558. The zero-order valence-corrected chi connectivity index (χ0v) is 13.3. The second-order valence-corrected chi connectivity index (χ2v) is 6.45. The third kappa shape index (κ3) is 3.67. The number of esters is 1. The fourth-order valence-electron chi connectivity index (χ4n) is 1.91. The number of ether oxygens (including phenoxy) is 1. The normalized spacial score (nSPS) is 10.7. The largest absolute Gasteiger partial charge is 0.465 e. The van der Waals surface area contributed by atoms with E-state index in [2.05, 4.69) is 9.46 Å². The maximum atomic E-state index is 12.4. The van der Waals surface area contributed by atoms with Crippen molar-refractivity contribution in [2.45, 2.75) is 11.8 Å². The maximum Gasteiger partial charge on any atom is 0.337 e. The Labute approximate surface area is 134 Å². The summed E-state index contributed by atoms with van der Waals surface area (Å²) in [5.41, 5.74) is 1.41. The van der Waals surface area contributed by atoms with Crippen molar-refractivity contribution in [3.63, 3.8) is 0 Å². The first kappa shape index (κ1) is 16.5. The van der Waals surface area contributed by atoms with Crippen LogP contribution in [0.15, 0.2) is 47.4 Å². The lowest BCUT2D eigenvalue weighted by Gasteiger charge is -2.12. The molecule has 0 aliphatic heterocycles. The van der Waals surface area contributed by atoms with Gasteiger partial charge in [-0.25, -0.2) is 13.2 Å². The van der Waals surface area contributed by atoms with Crippen LogP contribution in [0, 0.1) is 18.3 Å². The molecule has 2 aromatic carbocycles. The molecule has 23 heavy (non-hydrogen) atoms. The van der Waals surface area contributed by atoms with Gasteiger partial charge in [0.2, 0.25) is 0 Å². The van der Waals surface area contributed by atoms with E-state index in [4.69, 9.17) is 5.26 Å². The average molecular weight is 330 g/mol. The summed E-state index contributed by atoms with van der Waals surface area (Å²) in [4.78, 5) is 11.5. The van der Waals surface area contributed by atoms with E-state index in [1.54, 1.807) is 19.1 Å². The molecule has 0 aliphatic rings. The molecule has 0 spiro atoms. The van der Waals surface area contributed by atoms with Crippen molar-refractivity contribution in [1.29, 1.82) is 5.26 Å². The molecule has 0 aromatic heterocycles. The topological polar surface area (TPSA) is 96.3 Å². The number of nitrogens with one attached hydrogen (secondary N) is 1. The highest BCUT2D eigenvalue weighted by Gasteiger charge is 2.17. The minimum atomic E-state index is -3.87. The Kier molecular flexibility index (Phi) is 4.67. The van der Waals surface area contributed by atoms with E-state index >= 15 is 0 Å². The second-order valence-electron chi connectivity index (χ2n) is 4.77. The number of nitrogens with zero attached hydrogens (tertiary/aromatic N) is 1. The number of aryl methyl sites for hydroxylation is 1. The Bertz CT molecular complexity index is 899. The highest BCUT2D eigenvalue weighted by atomic mass is 32.2. The maximum absolute atomic E-state index is 12.4. The van der Waals surface area contributed by atoms with Gasteiger partial charge in [0.15, 0.2) is 0 Å². The smallest absolute Gasteiger partial charge is 0.337 e. The lowest BCUT2D eigenvalue weighted by atomic mass is 10.1. The lowest BCUT2D eigenvalue weighted by Crippen LogP contribution is -2.14. The molecule has 0 unspecified atom stereocenters. The molecule has 0 amide bonds. The molecule has 118 valence electrons. The number of hydrogen-bond donors (Lipinski definition) is 1. The van der Waals surface area contributed by atoms with Crippen molar-refractivity contribution in [3.05, 3.63) is 59.2 Å². The quantitative estimate of drug-likeness (QED) is 0.869. The number of methoxy groups -OCH3 is 1. The predicted octanol–water partition coefficient (Wildman–Crippen LogP) is 2.45. The van der Waals surface area contributed by atoms with E-state index in [0.717, 1.165) is 0 Å². The van der Waals surface area contributed by atoms with E-state index in [-0.39, 0.29) is 21.7 Å². The Morgan fingerprint density at radius 1 is 1.22 bits per heavy atom. The number of benzene rings is 2. The summed E-state index contributed by atoms with van der Waals surface area (Å²) >= 11 is 0. The molecule has 6 nitrogen and oxygen atoms in total. The molecule has 0 radical (unpaired) electrons. The van der Waals surface area contributed by atoms with E-state index < -0.39 is 16.0 Å². The van der Waals surface area contributed by atoms with Gasteiger partial charge in [-0.2, -0.15) is 5.26 Å². The summed E-state index contributed by atoms with van der Waals surface area (Å²) in [6.45, 7) is 1.71. The van der Waals surface area contributed by atoms with Gasteiger partial charge in [0.1, 0.15) is 0 Å². The van der Waals surface area contributed by atoms with Crippen molar-refractivity contribution in [2.75, 3.05) is 11.8 Å². The van der Waals surface area contributed by atoms with Gasteiger partial charge in [-0.05, 0) is 42.8 Å². The Balaban J connectivity index is 2.41. The standard InChI is InChI=1S/C16H14N2O4S/c1-11-6-7-13(16(19)22-2)9-15(11)18-23(20,21)14-5-3-4-12(8-14)10-17/h3-9,18H,1-2H3. The van der Waals surface area contributed by atoms with Crippen LogP contribution in [0.5, 0.6) is 0 Å². The lowest BCUT2D eigenvalue weighted by molar-refractivity contribution is 0.0601. The van der Waals surface area contributed by atoms with Crippen molar-refractivity contribution in [2.24, 2.45) is 0 Å². The molecule has 0 bridgehead atoms. The van der Waals surface area contributed by atoms with Gasteiger partial charge in [0.25, 0.3) is 10.0 Å². The molecule has 0 heterocycles. The zero-order valence-electron chi connectivity index (χ0n) is 12.5. The number of hydrogen-bond acceptors (Lipinski definition) is 5. The van der Waals surface area contributed by atoms with Gasteiger partial charge in [0, 0.05) is 0 Å². The van der Waals surface area contributed by atoms with Crippen molar-refractivity contribution in [1.82, 2.24) is 0 Å². The molecule has 0 atom stereocenters. The molecule has 0 aliphatic carbocycles. The number of carbonyl (C=O) groups is 1. The first-order chi connectivity index (χ1) is 10.9. The van der Waals surface area contributed by atoms with Crippen LogP contribution in [-0.4, -0.2) is 21.5 Å². The number of anilines is 1. The fraction of sp³-hybridized carbons (Fsp3) is 0.125.